The van der Waals surface area contributed by atoms with Crippen LogP contribution < -0.4 is 0 Å². The first-order valence-corrected chi connectivity index (χ1v) is 6.26. The van der Waals surface area contributed by atoms with Crippen LogP contribution in [0.25, 0.3) is 0 Å². The van der Waals surface area contributed by atoms with Crippen LogP contribution in [-0.2, 0) is 9.53 Å². The monoisotopic (exact) mass is 239 g/mol. The Kier molecular flexibility index (Phi) is 3.54. The van der Waals surface area contributed by atoms with E-state index in [0.29, 0.717) is 11.6 Å². The Morgan fingerprint density at radius 2 is 2.12 bits per heavy atom. The molecule has 0 aliphatic carbocycles. The van der Waals surface area contributed by atoms with Crippen LogP contribution in [-0.4, -0.2) is 47.3 Å². The Bertz CT molecular complexity index is 340. The third kappa shape index (κ3) is 2.38. The largest absolute Gasteiger partial charge is 0.459 e. The Labute approximate surface area is 102 Å². The van der Waals surface area contributed by atoms with Gasteiger partial charge >= 0.3 is 5.97 Å². The van der Waals surface area contributed by atoms with Crippen molar-refractivity contribution in [2.75, 3.05) is 7.05 Å². The number of ether oxygens (including phenoxy) is 1. The number of aliphatic hydroxyl groups excluding tert-OH is 1. The minimum Gasteiger partial charge on any atom is -0.459 e. The fourth-order valence-electron chi connectivity index (χ4n) is 2.86. The highest BCUT2D eigenvalue weighted by atomic mass is 16.5. The minimum absolute atomic E-state index is 0.0410. The maximum absolute atomic E-state index is 11.7. The highest BCUT2D eigenvalue weighted by Crippen LogP contribution is 2.35. The summed E-state index contributed by atoms with van der Waals surface area (Å²) in [4.78, 5) is 13.9. The molecule has 0 amide bonds. The average Bonchev–Trinajstić information content (AvgIpc) is 2.49. The predicted octanol–water partition coefficient (Wildman–Crippen LogP) is 1.09. The van der Waals surface area contributed by atoms with Crippen LogP contribution in [0.5, 0.6) is 0 Å². The van der Waals surface area contributed by atoms with Crippen molar-refractivity contribution in [3.8, 4) is 0 Å². The van der Waals surface area contributed by atoms with Gasteiger partial charge in [-0.15, -0.1) is 0 Å². The molecule has 1 N–H and O–H groups in total. The zero-order valence-corrected chi connectivity index (χ0v) is 10.7. The van der Waals surface area contributed by atoms with E-state index in [9.17, 15) is 9.90 Å². The number of hydrogen-bond acceptors (Lipinski definition) is 4. The van der Waals surface area contributed by atoms with Crippen molar-refractivity contribution in [1.82, 2.24) is 4.90 Å². The minimum atomic E-state index is -0.267. The number of likely N-dealkylation sites (N-methyl/N-ethyl adjacent to an activating group) is 1. The number of carbonyl (C=O) groups excluding carboxylic acids is 1. The molecule has 2 bridgehead atoms. The van der Waals surface area contributed by atoms with Crippen molar-refractivity contribution in [1.29, 1.82) is 0 Å². The molecule has 0 spiro atoms. The number of hydrogen-bond donors (Lipinski definition) is 1. The zero-order chi connectivity index (χ0) is 12.6. The van der Waals surface area contributed by atoms with E-state index in [2.05, 4.69) is 4.90 Å². The maximum Gasteiger partial charge on any atom is 0.333 e. The van der Waals surface area contributed by atoms with Crippen LogP contribution >= 0.6 is 0 Å². The molecule has 0 radical (unpaired) electrons. The molecule has 2 fully saturated rings. The second kappa shape index (κ2) is 4.78. The summed E-state index contributed by atoms with van der Waals surface area (Å²) >= 11 is 0. The summed E-state index contributed by atoms with van der Waals surface area (Å²) in [7, 11) is 2.04. The van der Waals surface area contributed by atoms with E-state index in [1.54, 1.807) is 13.0 Å². The first-order valence-electron chi connectivity index (χ1n) is 6.26. The lowest BCUT2D eigenvalue weighted by Crippen LogP contribution is -2.45. The molecular weight excluding hydrogens is 218 g/mol. The van der Waals surface area contributed by atoms with E-state index >= 15 is 0 Å². The smallest absolute Gasteiger partial charge is 0.333 e. The Balaban J connectivity index is 1.96. The highest BCUT2D eigenvalue weighted by Gasteiger charge is 2.45. The molecule has 96 valence electrons. The number of carbonyl (C=O) groups is 1. The van der Waals surface area contributed by atoms with Gasteiger partial charge < -0.3 is 9.84 Å². The Morgan fingerprint density at radius 1 is 1.41 bits per heavy atom. The van der Waals surface area contributed by atoms with Gasteiger partial charge in [-0.2, -0.15) is 0 Å². The molecule has 4 atom stereocenters. The van der Waals surface area contributed by atoms with Gasteiger partial charge in [-0.25, -0.2) is 4.79 Å². The number of piperidine rings is 1. The molecule has 0 aromatic carbocycles. The SMILES string of the molecule is C/C=C(\C)C(=O)O[C@H]1C[C@@H]2C[C@@H](O)[C@H](C1)N2C. The van der Waals surface area contributed by atoms with E-state index < -0.39 is 0 Å². The van der Waals surface area contributed by atoms with Crippen molar-refractivity contribution in [2.45, 2.75) is 57.4 Å². The topological polar surface area (TPSA) is 49.8 Å². The Hall–Kier alpha value is -0.870. The van der Waals surface area contributed by atoms with E-state index in [4.69, 9.17) is 4.74 Å². The molecule has 2 aliphatic rings. The second-order valence-corrected chi connectivity index (χ2v) is 5.16. The van der Waals surface area contributed by atoms with Crippen LogP contribution in [0.1, 0.15) is 33.1 Å². The van der Waals surface area contributed by atoms with Gasteiger partial charge in [0, 0.05) is 30.5 Å². The predicted molar refractivity (Wildman–Crippen MR) is 64.5 cm³/mol. The highest BCUT2D eigenvalue weighted by molar-refractivity contribution is 5.87. The third-order valence-electron chi connectivity index (χ3n) is 4.12. The molecular formula is C13H21NO3. The number of esters is 1. The van der Waals surface area contributed by atoms with Crippen molar-refractivity contribution in [2.24, 2.45) is 0 Å². The number of fused-ring (bicyclic) bond motifs is 2. The van der Waals surface area contributed by atoms with E-state index in [-0.39, 0.29) is 24.2 Å². The number of rotatable bonds is 2. The molecule has 2 heterocycles. The molecule has 0 aromatic heterocycles. The maximum atomic E-state index is 11.7. The first kappa shape index (κ1) is 12.6. The van der Waals surface area contributed by atoms with Crippen LogP contribution in [0.15, 0.2) is 11.6 Å². The van der Waals surface area contributed by atoms with Gasteiger partial charge in [0.2, 0.25) is 0 Å². The second-order valence-electron chi connectivity index (χ2n) is 5.16. The van der Waals surface area contributed by atoms with Gasteiger partial charge in [0.25, 0.3) is 0 Å². The van der Waals surface area contributed by atoms with Gasteiger partial charge in [0.1, 0.15) is 6.10 Å². The summed E-state index contributed by atoms with van der Waals surface area (Å²) in [6.07, 6.45) is 3.85. The molecule has 0 saturated carbocycles. The quantitative estimate of drug-likeness (QED) is 0.579. The van der Waals surface area contributed by atoms with E-state index in [0.717, 1.165) is 19.3 Å². The van der Waals surface area contributed by atoms with Crippen LogP contribution in [0, 0.1) is 0 Å². The molecule has 0 aromatic rings. The third-order valence-corrected chi connectivity index (χ3v) is 4.12. The lowest BCUT2D eigenvalue weighted by atomic mass is 10.00. The van der Waals surface area contributed by atoms with Gasteiger partial charge in [-0.05, 0) is 27.3 Å². The van der Waals surface area contributed by atoms with E-state index in [1.807, 2.05) is 14.0 Å². The van der Waals surface area contributed by atoms with E-state index in [1.165, 1.54) is 0 Å². The standard InChI is InChI=1S/C13H21NO3/c1-4-8(2)13(16)17-10-5-9-6-12(15)11(7-10)14(9)3/h4,9-12,15H,5-7H2,1-3H3/b8-4+/t9-,10+,11+,12-/m1/s1. The number of aliphatic hydroxyl groups is 1. The molecule has 2 rings (SSSR count). The fourth-order valence-corrected chi connectivity index (χ4v) is 2.86. The number of nitrogens with zero attached hydrogens (tertiary/aromatic N) is 1. The van der Waals surface area contributed by atoms with Crippen LogP contribution in [0.3, 0.4) is 0 Å². The first-order chi connectivity index (χ1) is 8.02. The van der Waals surface area contributed by atoms with Crippen molar-refractivity contribution >= 4 is 5.97 Å². The molecule has 4 nitrogen and oxygen atoms in total. The van der Waals surface area contributed by atoms with Crippen LogP contribution in [0.2, 0.25) is 0 Å². The van der Waals surface area contributed by atoms with Crippen molar-refractivity contribution in [3.63, 3.8) is 0 Å². The summed E-state index contributed by atoms with van der Waals surface area (Å²) in [6, 6.07) is 0.505. The summed E-state index contributed by atoms with van der Waals surface area (Å²) < 4.78 is 5.48. The molecule has 17 heavy (non-hydrogen) atoms. The summed E-state index contributed by atoms with van der Waals surface area (Å²) in [5.41, 5.74) is 0.650. The molecule has 0 unspecified atom stereocenters. The number of allylic oxidation sites excluding steroid dienone is 1. The molecule has 4 heteroatoms. The van der Waals surface area contributed by atoms with Crippen molar-refractivity contribution < 1.29 is 14.6 Å². The summed E-state index contributed by atoms with van der Waals surface area (Å²) in [5, 5.41) is 9.88. The lowest BCUT2D eigenvalue weighted by molar-refractivity contribution is -0.147. The lowest BCUT2D eigenvalue weighted by Gasteiger charge is -2.36. The molecule has 2 saturated heterocycles. The summed E-state index contributed by atoms with van der Waals surface area (Å²) in [5.74, 6) is -0.226. The fraction of sp³-hybridized carbons (Fsp3) is 0.769. The van der Waals surface area contributed by atoms with Crippen molar-refractivity contribution in [3.05, 3.63) is 11.6 Å². The van der Waals surface area contributed by atoms with Gasteiger partial charge in [-0.1, -0.05) is 6.08 Å². The molecule has 2 aliphatic heterocycles. The zero-order valence-electron chi connectivity index (χ0n) is 10.7. The summed E-state index contributed by atoms with van der Waals surface area (Å²) in [6.45, 7) is 3.60. The van der Waals surface area contributed by atoms with Gasteiger partial charge in [0.15, 0.2) is 0 Å². The normalized spacial score (nSPS) is 38.2. The Morgan fingerprint density at radius 3 is 2.71 bits per heavy atom. The average molecular weight is 239 g/mol. The van der Waals surface area contributed by atoms with Gasteiger partial charge in [0.05, 0.1) is 6.10 Å². The van der Waals surface area contributed by atoms with Crippen LogP contribution in [0.4, 0.5) is 0 Å². The van der Waals surface area contributed by atoms with Gasteiger partial charge in [-0.3, -0.25) is 4.90 Å².